The van der Waals surface area contributed by atoms with E-state index in [-0.39, 0.29) is 12.6 Å². The molecule has 0 bridgehead atoms. The molecule has 0 spiro atoms. The fourth-order valence-corrected chi connectivity index (χ4v) is 0.988. The van der Waals surface area contributed by atoms with Crippen LogP contribution in [0.15, 0.2) is 12.3 Å². The van der Waals surface area contributed by atoms with Gasteiger partial charge in [0.25, 0.3) is 0 Å². The summed E-state index contributed by atoms with van der Waals surface area (Å²) in [5.41, 5.74) is 6.36. The van der Waals surface area contributed by atoms with Crippen molar-refractivity contribution in [2.45, 2.75) is 47.1 Å². The normalized spacial score (nSPS) is 10.7. The molecule has 0 saturated heterocycles. The maximum absolute atomic E-state index is 8.84. The number of aliphatic hydroxyl groups excluding tert-OH is 1. The van der Waals surface area contributed by atoms with Crippen molar-refractivity contribution in [1.29, 1.82) is 0 Å². The van der Waals surface area contributed by atoms with Crippen LogP contribution in [0, 0.1) is 0 Å². The highest BCUT2D eigenvalue weighted by Gasteiger charge is 2.03. The quantitative estimate of drug-likeness (QED) is 0.830. The monoisotopic (exact) mass is 229 g/mol. The second kappa shape index (κ2) is 12.2. The molecule has 1 aromatic heterocycles. The van der Waals surface area contributed by atoms with E-state index in [0.29, 0.717) is 6.54 Å². The van der Waals surface area contributed by atoms with Crippen LogP contribution in [0.1, 0.15) is 46.4 Å². The SMILES string of the molecule is CC.CC.CC(CO)n1ccc(CCN)n1. The van der Waals surface area contributed by atoms with Crippen LogP contribution in [-0.4, -0.2) is 28.0 Å². The molecule has 0 fully saturated rings. The zero-order valence-electron chi connectivity index (χ0n) is 11.3. The van der Waals surface area contributed by atoms with E-state index in [4.69, 9.17) is 10.8 Å². The number of aromatic nitrogens is 2. The third-order valence-corrected chi connectivity index (χ3v) is 1.78. The van der Waals surface area contributed by atoms with Gasteiger partial charge in [0.05, 0.1) is 18.3 Å². The predicted octanol–water partition coefficient (Wildman–Crippen LogP) is 1.99. The van der Waals surface area contributed by atoms with Crippen molar-refractivity contribution in [1.82, 2.24) is 9.78 Å². The Kier molecular flexibility index (Phi) is 13.4. The standard InChI is InChI=1S/C8H15N3O.2C2H6/c1-7(6-12)11-5-3-8(10-11)2-4-9;2*1-2/h3,5,7,12H,2,4,6,9H2,1H3;2*1-2H3. The molecule has 4 nitrogen and oxygen atoms in total. The summed E-state index contributed by atoms with van der Waals surface area (Å²) in [6, 6.07) is 1.98. The maximum Gasteiger partial charge on any atom is 0.0721 e. The van der Waals surface area contributed by atoms with Crippen molar-refractivity contribution in [2.75, 3.05) is 13.2 Å². The van der Waals surface area contributed by atoms with Crippen molar-refractivity contribution in [3.63, 3.8) is 0 Å². The molecule has 16 heavy (non-hydrogen) atoms. The van der Waals surface area contributed by atoms with Gasteiger partial charge in [0.1, 0.15) is 0 Å². The minimum absolute atomic E-state index is 0.0523. The van der Waals surface area contributed by atoms with E-state index in [9.17, 15) is 0 Å². The van der Waals surface area contributed by atoms with Gasteiger partial charge >= 0.3 is 0 Å². The third kappa shape index (κ3) is 6.58. The summed E-state index contributed by atoms with van der Waals surface area (Å²) < 4.78 is 1.75. The van der Waals surface area contributed by atoms with E-state index in [1.807, 2.05) is 46.9 Å². The van der Waals surface area contributed by atoms with Crippen LogP contribution in [0.4, 0.5) is 0 Å². The number of hydrogen-bond acceptors (Lipinski definition) is 3. The Morgan fingerprint density at radius 3 is 2.38 bits per heavy atom. The first-order valence-corrected chi connectivity index (χ1v) is 6.13. The van der Waals surface area contributed by atoms with Gasteiger partial charge < -0.3 is 10.8 Å². The number of nitrogens with two attached hydrogens (primary N) is 1. The van der Waals surface area contributed by atoms with Gasteiger partial charge in [0.15, 0.2) is 0 Å². The lowest BCUT2D eigenvalue weighted by Crippen LogP contribution is -2.11. The summed E-state index contributed by atoms with van der Waals surface area (Å²) in [6.07, 6.45) is 2.66. The van der Waals surface area contributed by atoms with Crippen molar-refractivity contribution in [3.8, 4) is 0 Å². The Labute approximate surface area is 99.5 Å². The molecule has 4 heteroatoms. The lowest BCUT2D eigenvalue weighted by Gasteiger charge is -2.07. The summed E-state index contributed by atoms with van der Waals surface area (Å²) in [5, 5.41) is 13.1. The van der Waals surface area contributed by atoms with Gasteiger partial charge in [-0.1, -0.05) is 27.7 Å². The van der Waals surface area contributed by atoms with Gasteiger partial charge in [-0.2, -0.15) is 5.10 Å². The van der Waals surface area contributed by atoms with E-state index in [1.165, 1.54) is 0 Å². The van der Waals surface area contributed by atoms with Gasteiger partial charge in [0.2, 0.25) is 0 Å². The average Bonchev–Trinajstić information content (AvgIpc) is 2.82. The summed E-state index contributed by atoms with van der Waals surface area (Å²) >= 11 is 0. The molecule has 0 aliphatic heterocycles. The van der Waals surface area contributed by atoms with E-state index in [2.05, 4.69) is 5.10 Å². The van der Waals surface area contributed by atoms with Gasteiger partial charge in [-0.15, -0.1) is 0 Å². The molecule has 0 aromatic carbocycles. The van der Waals surface area contributed by atoms with Crippen molar-refractivity contribution < 1.29 is 5.11 Å². The zero-order valence-corrected chi connectivity index (χ0v) is 11.3. The van der Waals surface area contributed by atoms with Gasteiger partial charge in [-0.3, -0.25) is 4.68 Å². The van der Waals surface area contributed by atoms with Crippen molar-refractivity contribution >= 4 is 0 Å². The third-order valence-electron chi connectivity index (χ3n) is 1.78. The molecular formula is C12H27N3O. The molecule has 1 unspecified atom stereocenters. The molecule has 1 rings (SSSR count). The van der Waals surface area contributed by atoms with E-state index in [0.717, 1.165) is 12.1 Å². The number of nitrogens with zero attached hydrogens (tertiary/aromatic N) is 2. The summed E-state index contributed by atoms with van der Waals surface area (Å²) in [6.45, 7) is 10.6. The Balaban J connectivity index is 0. The van der Waals surface area contributed by atoms with Crippen LogP contribution >= 0.6 is 0 Å². The molecule has 1 aromatic rings. The molecule has 0 saturated carbocycles. The molecule has 0 radical (unpaired) electrons. The lowest BCUT2D eigenvalue weighted by atomic mass is 10.3. The lowest BCUT2D eigenvalue weighted by molar-refractivity contribution is 0.229. The minimum Gasteiger partial charge on any atom is -0.394 e. The topological polar surface area (TPSA) is 64.1 Å². The fourth-order valence-electron chi connectivity index (χ4n) is 0.988. The number of aliphatic hydroxyl groups is 1. The van der Waals surface area contributed by atoms with Gasteiger partial charge in [-0.05, 0) is 19.5 Å². The Bertz CT molecular complexity index is 236. The Morgan fingerprint density at radius 2 is 1.94 bits per heavy atom. The molecule has 1 heterocycles. The first-order valence-electron chi connectivity index (χ1n) is 6.13. The number of hydrogen-bond donors (Lipinski definition) is 2. The molecule has 3 N–H and O–H groups in total. The largest absolute Gasteiger partial charge is 0.394 e. The zero-order chi connectivity index (χ0) is 13.0. The second-order valence-electron chi connectivity index (χ2n) is 2.86. The van der Waals surface area contributed by atoms with Crippen LogP contribution in [0.25, 0.3) is 0 Å². The predicted molar refractivity (Wildman–Crippen MR) is 69.5 cm³/mol. The summed E-state index contributed by atoms with van der Waals surface area (Å²) in [5.74, 6) is 0. The van der Waals surface area contributed by atoms with Crippen LogP contribution in [0.2, 0.25) is 0 Å². The summed E-state index contributed by atoms with van der Waals surface area (Å²) in [7, 11) is 0. The Morgan fingerprint density at radius 1 is 1.38 bits per heavy atom. The van der Waals surface area contributed by atoms with Gasteiger partial charge in [-0.25, -0.2) is 0 Å². The molecule has 0 aliphatic rings. The maximum atomic E-state index is 8.84. The van der Waals surface area contributed by atoms with Crippen LogP contribution in [0.3, 0.4) is 0 Å². The Hall–Kier alpha value is -0.870. The van der Waals surface area contributed by atoms with E-state index >= 15 is 0 Å². The van der Waals surface area contributed by atoms with Gasteiger partial charge in [0, 0.05) is 12.6 Å². The van der Waals surface area contributed by atoms with Crippen LogP contribution in [0.5, 0.6) is 0 Å². The highest BCUT2D eigenvalue weighted by Crippen LogP contribution is 2.04. The second-order valence-corrected chi connectivity index (χ2v) is 2.86. The number of rotatable bonds is 4. The van der Waals surface area contributed by atoms with E-state index < -0.39 is 0 Å². The van der Waals surface area contributed by atoms with Crippen molar-refractivity contribution in [2.24, 2.45) is 5.73 Å². The molecular weight excluding hydrogens is 202 g/mol. The molecule has 0 aliphatic carbocycles. The van der Waals surface area contributed by atoms with Crippen LogP contribution in [-0.2, 0) is 6.42 Å². The summed E-state index contributed by atoms with van der Waals surface area (Å²) in [4.78, 5) is 0. The first-order chi connectivity index (χ1) is 7.77. The highest BCUT2D eigenvalue weighted by atomic mass is 16.3. The molecule has 0 amide bonds. The van der Waals surface area contributed by atoms with E-state index in [1.54, 1.807) is 4.68 Å². The van der Waals surface area contributed by atoms with Crippen molar-refractivity contribution in [3.05, 3.63) is 18.0 Å². The smallest absolute Gasteiger partial charge is 0.0721 e. The first kappa shape index (κ1) is 17.5. The van der Waals surface area contributed by atoms with Crippen LogP contribution < -0.4 is 5.73 Å². The molecule has 96 valence electrons. The average molecular weight is 229 g/mol. The minimum atomic E-state index is 0.0523. The fraction of sp³-hybridized carbons (Fsp3) is 0.750. The highest BCUT2D eigenvalue weighted by molar-refractivity contribution is 4.99. The molecule has 1 atom stereocenters.